The van der Waals surface area contributed by atoms with Crippen LogP contribution in [0.5, 0.6) is 0 Å². The first kappa shape index (κ1) is 8.32. The molecule has 2 heteroatoms. The van der Waals surface area contributed by atoms with E-state index in [-0.39, 0.29) is 0 Å². The number of methoxy groups -OCH3 is 1. The molecule has 0 saturated heterocycles. The van der Waals surface area contributed by atoms with Crippen molar-refractivity contribution in [1.82, 2.24) is 4.57 Å². The van der Waals surface area contributed by atoms with Crippen LogP contribution in [-0.2, 0) is 11.3 Å². The van der Waals surface area contributed by atoms with Crippen molar-refractivity contribution in [2.24, 2.45) is 0 Å². The van der Waals surface area contributed by atoms with Gasteiger partial charge in [-0.1, -0.05) is 12.1 Å². The number of nitrogens with zero attached hydrogens (tertiary/aromatic N) is 1. The lowest BCUT2D eigenvalue weighted by Gasteiger charge is -2.03. The molecule has 2 nitrogen and oxygen atoms in total. The largest absolute Gasteiger partial charge is 0.383 e. The van der Waals surface area contributed by atoms with E-state index >= 15 is 0 Å². The molecular weight excluding hydrogens is 162 g/mol. The highest BCUT2D eigenvalue weighted by Crippen LogP contribution is 2.14. The second-order valence-electron chi connectivity index (χ2n) is 2.99. The Bertz CT molecular complexity index is 392. The Morgan fingerprint density at radius 2 is 2.38 bits per heavy atom. The first-order valence-electron chi connectivity index (χ1n) is 4.35. The van der Waals surface area contributed by atoms with E-state index in [4.69, 9.17) is 4.74 Å². The molecule has 0 amide bonds. The van der Waals surface area contributed by atoms with Crippen LogP contribution in [0.4, 0.5) is 0 Å². The Morgan fingerprint density at radius 3 is 3.23 bits per heavy atom. The maximum absolute atomic E-state index is 5.03. The summed E-state index contributed by atoms with van der Waals surface area (Å²) >= 11 is 0. The minimum Gasteiger partial charge on any atom is -0.383 e. The van der Waals surface area contributed by atoms with Gasteiger partial charge in [0, 0.05) is 25.4 Å². The van der Waals surface area contributed by atoms with Crippen LogP contribution in [0.2, 0.25) is 0 Å². The van der Waals surface area contributed by atoms with E-state index in [0.717, 1.165) is 13.2 Å². The summed E-state index contributed by atoms with van der Waals surface area (Å²) in [7, 11) is 1.72. The summed E-state index contributed by atoms with van der Waals surface area (Å²) in [5.74, 6) is 0. The molecule has 0 bridgehead atoms. The molecule has 0 atom stereocenters. The maximum Gasteiger partial charge on any atom is 0.0641 e. The first-order valence-corrected chi connectivity index (χ1v) is 4.35. The molecule has 67 valence electrons. The van der Waals surface area contributed by atoms with Crippen molar-refractivity contribution in [3.63, 3.8) is 0 Å². The van der Waals surface area contributed by atoms with Gasteiger partial charge in [-0.05, 0) is 23.6 Å². The van der Waals surface area contributed by atoms with Crippen molar-refractivity contribution in [1.29, 1.82) is 0 Å². The van der Waals surface area contributed by atoms with Crippen LogP contribution in [0, 0.1) is 6.07 Å². The third-order valence-electron chi connectivity index (χ3n) is 2.15. The van der Waals surface area contributed by atoms with Gasteiger partial charge in [-0.15, -0.1) is 0 Å². The van der Waals surface area contributed by atoms with Gasteiger partial charge in [0.2, 0.25) is 0 Å². The molecule has 1 aromatic carbocycles. The average Bonchev–Trinajstić information content (AvgIpc) is 2.58. The normalized spacial score (nSPS) is 10.8. The Hall–Kier alpha value is -1.28. The molecule has 2 rings (SSSR count). The van der Waals surface area contributed by atoms with Crippen LogP contribution >= 0.6 is 0 Å². The SMILES string of the molecule is COCCn1ccc2cc[c]cc21. The molecule has 13 heavy (non-hydrogen) atoms. The number of ether oxygens (including phenoxy) is 1. The predicted molar refractivity (Wildman–Crippen MR) is 52.7 cm³/mol. The van der Waals surface area contributed by atoms with Crippen molar-refractivity contribution in [3.05, 3.63) is 36.5 Å². The summed E-state index contributed by atoms with van der Waals surface area (Å²) in [6.45, 7) is 1.65. The smallest absolute Gasteiger partial charge is 0.0641 e. The fourth-order valence-electron chi connectivity index (χ4n) is 1.46. The van der Waals surface area contributed by atoms with E-state index < -0.39 is 0 Å². The highest BCUT2D eigenvalue weighted by atomic mass is 16.5. The van der Waals surface area contributed by atoms with Crippen LogP contribution in [0.25, 0.3) is 10.9 Å². The van der Waals surface area contributed by atoms with Crippen LogP contribution in [-0.4, -0.2) is 18.3 Å². The van der Waals surface area contributed by atoms with Gasteiger partial charge in [0.1, 0.15) is 0 Å². The summed E-state index contributed by atoms with van der Waals surface area (Å²) in [4.78, 5) is 0. The van der Waals surface area contributed by atoms with E-state index in [1.165, 1.54) is 10.9 Å². The van der Waals surface area contributed by atoms with Gasteiger partial charge < -0.3 is 9.30 Å². The zero-order valence-corrected chi connectivity index (χ0v) is 7.66. The van der Waals surface area contributed by atoms with Gasteiger partial charge in [-0.3, -0.25) is 0 Å². The highest BCUT2D eigenvalue weighted by molar-refractivity contribution is 5.79. The third-order valence-corrected chi connectivity index (χ3v) is 2.15. The van der Waals surface area contributed by atoms with Gasteiger partial charge in [0.15, 0.2) is 0 Å². The Labute approximate surface area is 77.7 Å². The number of aromatic nitrogens is 1. The molecule has 1 aromatic heterocycles. The number of fused-ring (bicyclic) bond motifs is 1. The predicted octanol–water partition coefficient (Wildman–Crippen LogP) is 2.09. The van der Waals surface area contributed by atoms with Crippen molar-refractivity contribution >= 4 is 10.9 Å². The highest BCUT2D eigenvalue weighted by Gasteiger charge is 1.97. The van der Waals surface area contributed by atoms with Gasteiger partial charge >= 0.3 is 0 Å². The summed E-state index contributed by atoms with van der Waals surface area (Å²) in [5, 5.41) is 1.26. The fourth-order valence-corrected chi connectivity index (χ4v) is 1.46. The van der Waals surface area contributed by atoms with Crippen molar-refractivity contribution in [2.75, 3.05) is 13.7 Å². The second kappa shape index (κ2) is 3.62. The van der Waals surface area contributed by atoms with Gasteiger partial charge in [-0.25, -0.2) is 0 Å². The number of benzene rings is 1. The second-order valence-corrected chi connectivity index (χ2v) is 2.99. The number of hydrogen-bond acceptors (Lipinski definition) is 1. The monoisotopic (exact) mass is 174 g/mol. The lowest BCUT2D eigenvalue weighted by atomic mass is 10.2. The van der Waals surface area contributed by atoms with Crippen LogP contribution in [0.1, 0.15) is 0 Å². The molecule has 0 aliphatic rings. The van der Waals surface area contributed by atoms with Gasteiger partial charge in [0.25, 0.3) is 0 Å². The third kappa shape index (κ3) is 1.58. The lowest BCUT2D eigenvalue weighted by molar-refractivity contribution is 0.188. The van der Waals surface area contributed by atoms with E-state index in [9.17, 15) is 0 Å². The average molecular weight is 174 g/mol. The van der Waals surface area contributed by atoms with Crippen molar-refractivity contribution in [3.8, 4) is 0 Å². The molecule has 1 radical (unpaired) electrons. The molecule has 0 unspecified atom stereocenters. The van der Waals surface area contributed by atoms with E-state index in [1.54, 1.807) is 7.11 Å². The quantitative estimate of drug-likeness (QED) is 0.695. The molecule has 0 saturated carbocycles. The van der Waals surface area contributed by atoms with Gasteiger partial charge in [-0.2, -0.15) is 0 Å². The van der Waals surface area contributed by atoms with Crippen LogP contribution < -0.4 is 0 Å². The Balaban J connectivity index is 2.35. The number of hydrogen-bond donors (Lipinski definition) is 0. The zero-order chi connectivity index (χ0) is 9.10. The minimum absolute atomic E-state index is 0.749. The summed E-state index contributed by atoms with van der Waals surface area (Å²) in [5.41, 5.74) is 1.22. The molecule has 0 spiro atoms. The number of rotatable bonds is 3. The Morgan fingerprint density at radius 1 is 1.46 bits per heavy atom. The van der Waals surface area contributed by atoms with Crippen LogP contribution in [0.15, 0.2) is 30.5 Å². The summed E-state index contributed by atoms with van der Waals surface area (Å²) < 4.78 is 7.21. The van der Waals surface area contributed by atoms with Crippen molar-refractivity contribution < 1.29 is 4.74 Å². The minimum atomic E-state index is 0.749. The van der Waals surface area contributed by atoms with E-state index in [1.807, 2.05) is 12.1 Å². The molecule has 2 aromatic rings. The summed E-state index contributed by atoms with van der Waals surface area (Å²) in [6, 6.07) is 11.2. The molecular formula is C11H12NO. The zero-order valence-electron chi connectivity index (χ0n) is 7.66. The topological polar surface area (TPSA) is 14.2 Å². The lowest BCUT2D eigenvalue weighted by Crippen LogP contribution is -2.01. The molecule has 1 heterocycles. The first-order chi connectivity index (χ1) is 6.42. The molecule has 0 aliphatic carbocycles. The molecule has 0 N–H and O–H groups in total. The fraction of sp³-hybridized carbons (Fsp3) is 0.273. The standard InChI is InChI=1S/C11H12NO/c1-13-9-8-12-7-6-10-4-2-3-5-11(10)12/h2,4-7H,8-9H2,1H3. The molecule has 0 fully saturated rings. The molecule has 0 aliphatic heterocycles. The van der Waals surface area contributed by atoms with Crippen LogP contribution in [0.3, 0.4) is 0 Å². The van der Waals surface area contributed by atoms with E-state index in [0.29, 0.717) is 0 Å². The van der Waals surface area contributed by atoms with Gasteiger partial charge in [0.05, 0.1) is 6.61 Å². The van der Waals surface area contributed by atoms with E-state index in [2.05, 4.69) is 29.0 Å². The maximum atomic E-state index is 5.03. The Kier molecular flexibility index (Phi) is 2.32. The summed E-state index contributed by atoms with van der Waals surface area (Å²) in [6.07, 6.45) is 2.08. The van der Waals surface area contributed by atoms with Crippen molar-refractivity contribution in [2.45, 2.75) is 6.54 Å².